The van der Waals surface area contributed by atoms with Crippen LogP contribution in [-0.4, -0.2) is 82.0 Å². The molecule has 0 aromatic heterocycles. The maximum absolute atomic E-state index is 6.15. The van der Waals surface area contributed by atoms with Crippen molar-refractivity contribution in [2.75, 3.05) is 54.0 Å². The van der Waals surface area contributed by atoms with Crippen molar-refractivity contribution >= 4 is 5.96 Å². The summed E-state index contributed by atoms with van der Waals surface area (Å²) < 4.78 is 11.9. The van der Waals surface area contributed by atoms with E-state index in [4.69, 9.17) is 9.47 Å². The van der Waals surface area contributed by atoms with Gasteiger partial charge in [-0.1, -0.05) is 30.3 Å². The van der Waals surface area contributed by atoms with Crippen LogP contribution < -0.4 is 5.32 Å². The van der Waals surface area contributed by atoms with Crippen LogP contribution in [0.5, 0.6) is 0 Å². The standard InChI is InChI=1S/C23H38N4O2/c1-24-23(25-17-22(26(2)3)19-9-5-4-6-10-19)27-14-12-20(13-15-27)29-18-21-11-7-8-16-28-21/h4-6,9-10,20-22H,7-8,11-18H2,1-3H3,(H,24,25). The first-order chi connectivity index (χ1) is 14.2. The molecule has 1 N–H and O–H groups in total. The molecule has 0 aliphatic carbocycles. The van der Waals surface area contributed by atoms with Gasteiger partial charge in [0.05, 0.1) is 24.9 Å². The predicted molar refractivity (Wildman–Crippen MR) is 118 cm³/mol. The molecule has 0 bridgehead atoms. The van der Waals surface area contributed by atoms with Crippen LogP contribution in [0.25, 0.3) is 0 Å². The zero-order valence-electron chi connectivity index (χ0n) is 18.3. The van der Waals surface area contributed by atoms with Gasteiger partial charge in [0, 0.05) is 33.3 Å². The third kappa shape index (κ3) is 6.69. The lowest BCUT2D eigenvalue weighted by Crippen LogP contribution is -2.48. The van der Waals surface area contributed by atoms with Gasteiger partial charge in [-0.25, -0.2) is 0 Å². The number of aliphatic imine (C=N–C) groups is 1. The van der Waals surface area contributed by atoms with Crippen molar-refractivity contribution in [1.82, 2.24) is 15.1 Å². The zero-order chi connectivity index (χ0) is 20.5. The van der Waals surface area contributed by atoms with Crippen LogP contribution in [-0.2, 0) is 9.47 Å². The zero-order valence-corrected chi connectivity index (χ0v) is 18.3. The van der Waals surface area contributed by atoms with E-state index in [1.807, 2.05) is 7.05 Å². The van der Waals surface area contributed by atoms with Gasteiger partial charge in [0.25, 0.3) is 0 Å². The molecule has 2 aliphatic rings. The number of likely N-dealkylation sites (N-methyl/N-ethyl adjacent to an activating group) is 1. The monoisotopic (exact) mass is 402 g/mol. The fourth-order valence-corrected chi connectivity index (χ4v) is 4.21. The van der Waals surface area contributed by atoms with Gasteiger partial charge in [0.2, 0.25) is 0 Å². The number of hydrogen-bond donors (Lipinski definition) is 1. The van der Waals surface area contributed by atoms with Crippen molar-refractivity contribution in [3.63, 3.8) is 0 Å². The average Bonchev–Trinajstić information content (AvgIpc) is 2.77. The molecule has 3 rings (SSSR count). The lowest BCUT2D eigenvalue weighted by atomic mass is 10.1. The third-order valence-electron chi connectivity index (χ3n) is 6.01. The van der Waals surface area contributed by atoms with E-state index in [9.17, 15) is 0 Å². The summed E-state index contributed by atoms with van der Waals surface area (Å²) in [6, 6.07) is 11.0. The Bertz CT molecular complexity index is 609. The number of piperidine rings is 1. The molecule has 1 aromatic rings. The summed E-state index contributed by atoms with van der Waals surface area (Å²) in [6.07, 6.45) is 6.34. The minimum absolute atomic E-state index is 0.303. The molecule has 1 aromatic carbocycles. The predicted octanol–water partition coefficient (Wildman–Crippen LogP) is 2.91. The molecule has 162 valence electrons. The molecule has 2 heterocycles. The third-order valence-corrected chi connectivity index (χ3v) is 6.01. The molecule has 2 aliphatic heterocycles. The quantitative estimate of drug-likeness (QED) is 0.561. The fourth-order valence-electron chi connectivity index (χ4n) is 4.21. The van der Waals surface area contributed by atoms with Crippen LogP contribution in [0, 0.1) is 0 Å². The van der Waals surface area contributed by atoms with Crippen molar-refractivity contribution in [1.29, 1.82) is 0 Å². The van der Waals surface area contributed by atoms with E-state index in [0.29, 0.717) is 18.2 Å². The summed E-state index contributed by atoms with van der Waals surface area (Å²) in [7, 11) is 6.13. The number of hydrogen-bond acceptors (Lipinski definition) is 4. The summed E-state index contributed by atoms with van der Waals surface area (Å²) in [6.45, 7) is 4.44. The van der Waals surface area contributed by atoms with Crippen LogP contribution in [0.3, 0.4) is 0 Å². The topological polar surface area (TPSA) is 49.3 Å². The molecule has 2 fully saturated rings. The smallest absolute Gasteiger partial charge is 0.193 e. The molecular formula is C23H38N4O2. The van der Waals surface area contributed by atoms with Gasteiger partial charge in [-0.15, -0.1) is 0 Å². The number of rotatable bonds is 7. The Kier molecular flexibility index (Phi) is 8.77. The van der Waals surface area contributed by atoms with Crippen LogP contribution in [0.1, 0.15) is 43.7 Å². The second kappa shape index (κ2) is 11.5. The number of benzene rings is 1. The molecule has 6 heteroatoms. The van der Waals surface area contributed by atoms with Crippen molar-refractivity contribution in [3.05, 3.63) is 35.9 Å². The fraction of sp³-hybridized carbons (Fsp3) is 0.696. The Morgan fingerprint density at radius 2 is 1.97 bits per heavy atom. The Morgan fingerprint density at radius 3 is 2.59 bits per heavy atom. The molecule has 29 heavy (non-hydrogen) atoms. The highest BCUT2D eigenvalue weighted by Gasteiger charge is 2.24. The van der Waals surface area contributed by atoms with Crippen molar-refractivity contribution < 1.29 is 9.47 Å². The molecule has 0 spiro atoms. The molecule has 2 unspecified atom stereocenters. The summed E-state index contributed by atoms with van der Waals surface area (Å²) in [5.41, 5.74) is 1.32. The lowest BCUT2D eigenvalue weighted by Gasteiger charge is -2.36. The van der Waals surface area contributed by atoms with Crippen LogP contribution in [0.15, 0.2) is 35.3 Å². The van der Waals surface area contributed by atoms with E-state index in [-0.39, 0.29) is 0 Å². The van der Waals surface area contributed by atoms with Gasteiger partial charge >= 0.3 is 0 Å². The second-order valence-electron chi connectivity index (χ2n) is 8.33. The van der Waals surface area contributed by atoms with Gasteiger partial charge in [0.15, 0.2) is 5.96 Å². The van der Waals surface area contributed by atoms with Gasteiger partial charge in [-0.05, 0) is 51.8 Å². The summed E-state index contributed by atoms with van der Waals surface area (Å²) in [4.78, 5) is 9.14. The molecule has 2 atom stereocenters. The molecule has 0 saturated carbocycles. The molecule has 0 radical (unpaired) electrons. The second-order valence-corrected chi connectivity index (χ2v) is 8.33. The average molecular weight is 403 g/mol. The van der Waals surface area contributed by atoms with Crippen LogP contribution in [0.4, 0.5) is 0 Å². The number of guanidine groups is 1. The van der Waals surface area contributed by atoms with E-state index in [1.165, 1.54) is 18.4 Å². The number of likely N-dealkylation sites (tertiary alicyclic amines) is 1. The molecular weight excluding hydrogens is 364 g/mol. The van der Waals surface area contributed by atoms with E-state index >= 15 is 0 Å². The maximum Gasteiger partial charge on any atom is 0.193 e. The van der Waals surface area contributed by atoms with Gasteiger partial charge in [-0.2, -0.15) is 0 Å². The largest absolute Gasteiger partial charge is 0.376 e. The number of nitrogens with one attached hydrogen (secondary N) is 1. The lowest BCUT2D eigenvalue weighted by molar-refractivity contribution is -0.0721. The summed E-state index contributed by atoms with van der Waals surface area (Å²) in [5.74, 6) is 0.988. The Balaban J connectivity index is 1.43. The highest BCUT2D eigenvalue weighted by atomic mass is 16.5. The molecule has 6 nitrogen and oxygen atoms in total. The minimum atomic E-state index is 0.303. The Hall–Kier alpha value is -1.63. The Morgan fingerprint density at radius 1 is 1.21 bits per heavy atom. The van der Waals surface area contributed by atoms with Gasteiger partial charge in [0.1, 0.15) is 0 Å². The molecule has 0 amide bonds. The van der Waals surface area contributed by atoms with Crippen molar-refractivity contribution in [2.45, 2.75) is 50.4 Å². The number of ether oxygens (including phenoxy) is 2. The van der Waals surface area contributed by atoms with E-state index in [2.05, 4.69) is 64.5 Å². The van der Waals surface area contributed by atoms with Crippen molar-refractivity contribution in [2.24, 2.45) is 4.99 Å². The first-order valence-electron chi connectivity index (χ1n) is 11.1. The van der Waals surface area contributed by atoms with E-state index < -0.39 is 0 Å². The van der Waals surface area contributed by atoms with Gasteiger partial charge < -0.3 is 24.6 Å². The normalized spacial score (nSPS) is 22.7. The maximum atomic E-state index is 6.15. The highest BCUT2D eigenvalue weighted by molar-refractivity contribution is 5.80. The molecule has 2 saturated heterocycles. The number of nitrogens with zero attached hydrogens (tertiary/aromatic N) is 3. The summed E-state index contributed by atoms with van der Waals surface area (Å²) >= 11 is 0. The first kappa shape index (κ1) is 22.1. The minimum Gasteiger partial charge on any atom is -0.376 e. The highest BCUT2D eigenvalue weighted by Crippen LogP contribution is 2.19. The van der Waals surface area contributed by atoms with E-state index in [0.717, 1.165) is 58.1 Å². The van der Waals surface area contributed by atoms with Crippen LogP contribution >= 0.6 is 0 Å². The summed E-state index contributed by atoms with van der Waals surface area (Å²) in [5, 5.41) is 3.59. The Labute approximate surface area is 176 Å². The first-order valence-corrected chi connectivity index (χ1v) is 11.1. The van der Waals surface area contributed by atoms with Gasteiger partial charge in [-0.3, -0.25) is 4.99 Å². The SMILES string of the molecule is CN=C(NCC(c1ccccc1)N(C)C)N1CCC(OCC2CCCCO2)CC1. The van der Waals surface area contributed by atoms with E-state index in [1.54, 1.807) is 0 Å². The van der Waals surface area contributed by atoms with Crippen LogP contribution in [0.2, 0.25) is 0 Å². The van der Waals surface area contributed by atoms with Crippen molar-refractivity contribution in [3.8, 4) is 0 Å².